The summed E-state index contributed by atoms with van der Waals surface area (Å²) in [5.41, 5.74) is 4.29. The molecule has 3 heterocycles. The van der Waals surface area contributed by atoms with Crippen molar-refractivity contribution < 1.29 is 8.83 Å². The van der Waals surface area contributed by atoms with Gasteiger partial charge in [-0.2, -0.15) is 0 Å². The number of rotatable bonds is 4. The van der Waals surface area contributed by atoms with Gasteiger partial charge in [-0.25, -0.2) is 4.98 Å². The van der Waals surface area contributed by atoms with Crippen LogP contribution in [0.2, 0.25) is 0 Å². The van der Waals surface area contributed by atoms with E-state index in [0.717, 1.165) is 27.6 Å². The minimum absolute atomic E-state index is 0.494. The summed E-state index contributed by atoms with van der Waals surface area (Å²) in [5, 5.41) is 10.4. The zero-order valence-electron chi connectivity index (χ0n) is 15.2. The van der Waals surface area contributed by atoms with Gasteiger partial charge in [0.1, 0.15) is 11.5 Å². The lowest BCUT2D eigenvalue weighted by atomic mass is 10.1. The van der Waals surface area contributed by atoms with Gasteiger partial charge in [-0.1, -0.05) is 30.0 Å². The van der Waals surface area contributed by atoms with Gasteiger partial charge < -0.3 is 8.83 Å². The molecule has 0 spiro atoms. The van der Waals surface area contributed by atoms with Crippen molar-refractivity contribution >= 4 is 22.7 Å². The maximum atomic E-state index is 5.80. The quantitative estimate of drug-likeness (QED) is 0.451. The first-order valence-electron chi connectivity index (χ1n) is 8.41. The fourth-order valence-corrected chi connectivity index (χ4v) is 3.81. The summed E-state index contributed by atoms with van der Waals surface area (Å²) in [4.78, 5) is 4.79. The van der Waals surface area contributed by atoms with Crippen LogP contribution in [0.5, 0.6) is 0 Å². The summed E-state index contributed by atoms with van der Waals surface area (Å²) in [6.45, 7) is 8.00. The monoisotopic (exact) mass is 365 g/mol. The first-order valence-corrected chi connectivity index (χ1v) is 9.39. The van der Waals surface area contributed by atoms with Gasteiger partial charge in [0.15, 0.2) is 0 Å². The maximum Gasteiger partial charge on any atom is 0.251 e. The lowest BCUT2D eigenvalue weighted by molar-refractivity contribution is 0.499. The molecule has 6 heteroatoms. The lowest BCUT2D eigenvalue weighted by Crippen LogP contribution is -1.90. The molecular formula is C20H19N3O2S. The molecule has 0 aliphatic heterocycles. The van der Waals surface area contributed by atoms with Crippen LogP contribution >= 0.6 is 11.8 Å². The molecule has 4 aromatic rings. The highest BCUT2D eigenvalue weighted by Gasteiger charge is 2.15. The molecule has 0 bridgehead atoms. The van der Waals surface area contributed by atoms with Gasteiger partial charge >= 0.3 is 0 Å². The number of pyridine rings is 1. The molecule has 4 rings (SSSR count). The van der Waals surface area contributed by atoms with Crippen LogP contribution in [0.3, 0.4) is 0 Å². The second-order valence-electron chi connectivity index (χ2n) is 6.37. The Kier molecular flexibility index (Phi) is 4.28. The van der Waals surface area contributed by atoms with E-state index in [1.165, 1.54) is 16.5 Å². The number of nitrogens with zero attached hydrogens (tertiary/aromatic N) is 3. The van der Waals surface area contributed by atoms with Crippen LogP contribution in [-0.4, -0.2) is 15.2 Å². The summed E-state index contributed by atoms with van der Waals surface area (Å²) < 4.78 is 11.3. The molecule has 5 nitrogen and oxygen atoms in total. The highest BCUT2D eigenvalue weighted by molar-refractivity contribution is 7.98. The molecule has 0 radical (unpaired) electrons. The van der Waals surface area contributed by atoms with Crippen molar-refractivity contribution in [3.63, 3.8) is 0 Å². The minimum Gasteiger partial charge on any atom is -0.466 e. The molecule has 0 saturated carbocycles. The molecule has 3 aromatic heterocycles. The van der Waals surface area contributed by atoms with Crippen molar-refractivity contribution in [3.8, 4) is 11.5 Å². The van der Waals surface area contributed by atoms with Crippen LogP contribution in [0.4, 0.5) is 0 Å². The van der Waals surface area contributed by atoms with E-state index in [1.54, 1.807) is 11.8 Å². The van der Waals surface area contributed by atoms with Crippen LogP contribution in [-0.2, 0) is 5.75 Å². The van der Waals surface area contributed by atoms with E-state index in [1.807, 2.05) is 19.9 Å². The van der Waals surface area contributed by atoms with E-state index in [2.05, 4.69) is 48.3 Å². The summed E-state index contributed by atoms with van der Waals surface area (Å²) in [5.74, 6) is 3.26. The molecule has 0 saturated heterocycles. The first-order chi connectivity index (χ1) is 12.5. The Morgan fingerprint density at radius 3 is 2.58 bits per heavy atom. The van der Waals surface area contributed by atoms with Crippen molar-refractivity contribution in [2.24, 2.45) is 0 Å². The number of hydrogen-bond acceptors (Lipinski definition) is 6. The number of furan rings is 1. The predicted molar refractivity (Wildman–Crippen MR) is 102 cm³/mol. The highest BCUT2D eigenvalue weighted by Crippen LogP contribution is 2.29. The molecule has 0 fully saturated rings. The fraction of sp³-hybridized carbons (Fsp3) is 0.250. The molecule has 0 N–H and O–H groups in total. The van der Waals surface area contributed by atoms with Crippen molar-refractivity contribution in [1.82, 2.24) is 15.2 Å². The van der Waals surface area contributed by atoms with Crippen molar-refractivity contribution in [1.29, 1.82) is 0 Å². The van der Waals surface area contributed by atoms with E-state index in [9.17, 15) is 0 Å². The Bertz CT molecular complexity index is 1100. The van der Waals surface area contributed by atoms with Gasteiger partial charge in [0.2, 0.25) is 5.89 Å². The number of benzene rings is 1. The molecule has 26 heavy (non-hydrogen) atoms. The molecule has 0 aliphatic rings. The van der Waals surface area contributed by atoms with Gasteiger partial charge in [0.25, 0.3) is 5.89 Å². The van der Waals surface area contributed by atoms with Crippen molar-refractivity contribution in [3.05, 3.63) is 58.9 Å². The third-order valence-corrected chi connectivity index (χ3v) is 5.20. The zero-order chi connectivity index (χ0) is 18.3. The van der Waals surface area contributed by atoms with Crippen LogP contribution in [0.1, 0.15) is 28.5 Å². The summed E-state index contributed by atoms with van der Waals surface area (Å²) >= 11 is 1.60. The predicted octanol–water partition coefficient (Wildman–Crippen LogP) is 5.40. The molecule has 132 valence electrons. The fourth-order valence-electron chi connectivity index (χ4n) is 3.00. The number of aryl methyl sites for hydroxylation is 4. The Morgan fingerprint density at radius 2 is 1.81 bits per heavy atom. The van der Waals surface area contributed by atoms with E-state index < -0.39 is 0 Å². The summed E-state index contributed by atoms with van der Waals surface area (Å²) in [6.07, 6.45) is 0. The minimum atomic E-state index is 0.494. The van der Waals surface area contributed by atoms with Crippen molar-refractivity contribution in [2.75, 3.05) is 0 Å². The number of thioether (sulfide) groups is 1. The lowest BCUT2D eigenvalue weighted by Gasteiger charge is -2.07. The number of aromatic nitrogens is 3. The largest absolute Gasteiger partial charge is 0.466 e. The van der Waals surface area contributed by atoms with E-state index >= 15 is 0 Å². The number of fused-ring (bicyclic) bond motifs is 1. The average Bonchev–Trinajstić information content (AvgIpc) is 3.20. The summed E-state index contributed by atoms with van der Waals surface area (Å²) in [6, 6.07) is 10.3. The third kappa shape index (κ3) is 3.12. The Balaban J connectivity index is 1.56. The molecule has 0 aliphatic carbocycles. The van der Waals surface area contributed by atoms with E-state index in [0.29, 0.717) is 17.5 Å². The molecular weight excluding hydrogens is 346 g/mol. The molecule has 0 amide bonds. The molecule has 0 atom stereocenters. The molecule has 1 aromatic carbocycles. The van der Waals surface area contributed by atoms with Gasteiger partial charge in [-0.05, 0) is 51.0 Å². The van der Waals surface area contributed by atoms with Crippen LogP contribution in [0, 0.1) is 27.7 Å². The summed E-state index contributed by atoms with van der Waals surface area (Å²) in [7, 11) is 0. The van der Waals surface area contributed by atoms with Gasteiger partial charge in [0.05, 0.1) is 21.9 Å². The topological polar surface area (TPSA) is 65.0 Å². The van der Waals surface area contributed by atoms with Gasteiger partial charge in [0, 0.05) is 5.39 Å². The second kappa shape index (κ2) is 6.61. The number of hydrogen-bond donors (Lipinski definition) is 0. The Hall–Kier alpha value is -2.60. The Morgan fingerprint density at radius 1 is 0.962 bits per heavy atom. The smallest absolute Gasteiger partial charge is 0.251 e. The zero-order valence-corrected chi connectivity index (χ0v) is 16.0. The van der Waals surface area contributed by atoms with Gasteiger partial charge in [-0.3, -0.25) is 0 Å². The maximum absolute atomic E-state index is 5.80. The highest BCUT2D eigenvalue weighted by atomic mass is 32.2. The molecule has 0 unspecified atom stereocenters. The standard InChI is InChI=1S/C20H19N3O2S/c1-11-6-5-7-15-12(2)8-18(21-19(11)15)26-10-17-22-23-20(25-17)16-9-13(3)24-14(16)4/h5-9H,10H2,1-4H3. The second-order valence-corrected chi connectivity index (χ2v) is 7.36. The van der Waals surface area contributed by atoms with Crippen LogP contribution in [0.15, 0.2) is 44.2 Å². The van der Waals surface area contributed by atoms with E-state index in [-0.39, 0.29) is 0 Å². The van der Waals surface area contributed by atoms with Crippen LogP contribution in [0.25, 0.3) is 22.4 Å². The van der Waals surface area contributed by atoms with Gasteiger partial charge in [-0.15, -0.1) is 10.2 Å². The normalized spacial score (nSPS) is 11.4. The van der Waals surface area contributed by atoms with Crippen LogP contribution < -0.4 is 0 Å². The third-order valence-electron chi connectivity index (χ3n) is 4.31. The van der Waals surface area contributed by atoms with E-state index in [4.69, 9.17) is 13.8 Å². The SMILES string of the molecule is Cc1cc(-c2nnc(CSc3cc(C)c4cccc(C)c4n3)o2)c(C)o1. The first kappa shape index (κ1) is 16.8. The number of para-hydroxylation sites is 1. The van der Waals surface area contributed by atoms with Crippen molar-refractivity contribution in [2.45, 2.75) is 38.5 Å². The Labute approximate surface area is 155 Å². The average molecular weight is 365 g/mol.